The van der Waals surface area contributed by atoms with Crippen LogP contribution in [-0.2, 0) is 0 Å². The summed E-state index contributed by atoms with van der Waals surface area (Å²) < 4.78 is 13.8. The van der Waals surface area contributed by atoms with Crippen molar-refractivity contribution in [2.45, 2.75) is 13.0 Å². The van der Waals surface area contributed by atoms with Gasteiger partial charge in [0.1, 0.15) is 5.82 Å². The smallest absolute Gasteiger partial charge is 0.128 e. The molecule has 17 heavy (non-hydrogen) atoms. The van der Waals surface area contributed by atoms with E-state index >= 15 is 0 Å². The third kappa shape index (κ3) is 2.50. The minimum absolute atomic E-state index is 0.141. The first-order valence-corrected chi connectivity index (χ1v) is 5.55. The predicted octanol–water partition coefficient (Wildman–Crippen LogP) is 2.84. The molecule has 1 heterocycles. The fourth-order valence-corrected chi connectivity index (χ4v) is 1.94. The first kappa shape index (κ1) is 11.7. The Morgan fingerprint density at radius 3 is 2.53 bits per heavy atom. The molecule has 0 amide bonds. The van der Waals surface area contributed by atoms with Crippen molar-refractivity contribution in [1.82, 2.24) is 10.3 Å². The zero-order valence-corrected chi connectivity index (χ0v) is 9.94. The van der Waals surface area contributed by atoms with Crippen LogP contribution in [-0.4, -0.2) is 12.0 Å². The van der Waals surface area contributed by atoms with Gasteiger partial charge in [-0.25, -0.2) is 4.39 Å². The van der Waals surface area contributed by atoms with E-state index in [1.807, 2.05) is 32.2 Å². The van der Waals surface area contributed by atoms with Gasteiger partial charge in [0.05, 0.1) is 6.04 Å². The molecule has 1 unspecified atom stereocenters. The molecule has 2 aromatic rings. The molecule has 0 saturated carbocycles. The Morgan fingerprint density at radius 2 is 1.88 bits per heavy atom. The summed E-state index contributed by atoms with van der Waals surface area (Å²) in [6.07, 6.45) is 3.43. The maximum atomic E-state index is 13.8. The standard InChI is InChI=1S/C14H15FN2/c1-10-3-4-13(15)12(9-10)14(16-2)11-5-7-17-8-6-11/h3-9,14,16H,1-2H3. The molecule has 2 nitrogen and oxygen atoms in total. The highest BCUT2D eigenvalue weighted by molar-refractivity contribution is 5.34. The Balaban J connectivity index is 2.46. The van der Waals surface area contributed by atoms with Gasteiger partial charge >= 0.3 is 0 Å². The first-order valence-electron chi connectivity index (χ1n) is 5.55. The van der Waals surface area contributed by atoms with Crippen LogP contribution in [0.3, 0.4) is 0 Å². The normalized spacial score (nSPS) is 12.4. The average molecular weight is 230 g/mol. The minimum atomic E-state index is -0.188. The van der Waals surface area contributed by atoms with Gasteiger partial charge in [0.15, 0.2) is 0 Å². The number of rotatable bonds is 3. The second-order valence-corrected chi connectivity index (χ2v) is 4.03. The van der Waals surface area contributed by atoms with Crippen LogP contribution in [0.25, 0.3) is 0 Å². The topological polar surface area (TPSA) is 24.9 Å². The molecule has 1 aromatic heterocycles. The molecule has 0 radical (unpaired) electrons. The van der Waals surface area contributed by atoms with Crippen LogP contribution in [0.1, 0.15) is 22.7 Å². The van der Waals surface area contributed by atoms with Gasteiger partial charge in [0.25, 0.3) is 0 Å². The van der Waals surface area contributed by atoms with Gasteiger partial charge in [0.2, 0.25) is 0 Å². The van der Waals surface area contributed by atoms with Gasteiger partial charge in [-0.15, -0.1) is 0 Å². The maximum Gasteiger partial charge on any atom is 0.128 e. The third-order valence-electron chi connectivity index (χ3n) is 2.79. The van der Waals surface area contributed by atoms with Crippen LogP contribution in [0.5, 0.6) is 0 Å². The zero-order chi connectivity index (χ0) is 12.3. The summed E-state index contributed by atoms with van der Waals surface area (Å²) in [5, 5.41) is 3.13. The van der Waals surface area contributed by atoms with Crippen molar-refractivity contribution in [3.05, 3.63) is 65.2 Å². The Bertz CT molecular complexity index is 497. The quantitative estimate of drug-likeness (QED) is 0.877. The summed E-state index contributed by atoms with van der Waals surface area (Å²) in [6.45, 7) is 1.96. The number of benzene rings is 1. The van der Waals surface area contributed by atoms with Crippen molar-refractivity contribution < 1.29 is 4.39 Å². The van der Waals surface area contributed by atoms with Gasteiger partial charge in [-0.1, -0.05) is 17.7 Å². The summed E-state index contributed by atoms with van der Waals surface area (Å²) in [5.74, 6) is -0.188. The molecule has 0 saturated heterocycles. The minimum Gasteiger partial charge on any atom is -0.309 e. The lowest BCUT2D eigenvalue weighted by Gasteiger charge is -2.18. The monoisotopic (exact) mass is 230 g/mol. The Hall–Kier alpha value is -1.74. The maximum absolute atomic E-state index is 13.8. The van der Waals surface area contributed by atoms with E-state index in [0.29, 0.717) is 5.56 Å². The van der Waals surface area contributed by atoms with Crippen molar-refractivity contribution in [2.24, 2.45) is 0 Å². The van der Waals surface area contributed by atoms with E-state index in [1.165, 1.54) is 6.07 Å². The Labute approximate surface area is 101 Å². The Kier molecular flexibility index (Phi) is 3.49. The molecule has 1 aromatic carbocycles. The molecule has 0 bridgehead atoms. The third-order valence-corrected chi connectivity index (χ3v) is 2.79. The SMILES string of the molecule is CNC(c1ccncc1)c1cc(C)ccc1F. The number of aromatic nitrogens is 1. The van der Waals surface area contributed by atoms with Gasteiger partial charge < -0.3 is 5.32 Å². The summed E-state index contributed by atoms with van der Waals surface area (Å²) >= 11 is 0. The molecule has 1 N–H and O–H groups in total. The van der Waals surface area contributed by atoms with Crippen LogP contribution in [0, 0.1) is 12.7 Å². The van der Waals surface area contributed by atoms with E-state index in [-0.39, 0.29) is 11.9 Å². The van der Waals surface area contributed by atoms with E-state index in [0.717, 1.165) is 11.1 Å². The van der Waals surface area contributed by atoms with E-state index in [1.54, 1.807) is 18.5 Å². The summed E-state index contributed by atoms with van der Waals surface area (Å²) in [4.78, 5) is 3.97. The molecule has 0 aliphatic rings. The lowest BCUT2D eigenvalue weighted by molar-refractivity contribution is 0.575. The number of aryl methyl sites for hydroxylation is 1. The van der Waals surface area contributed by atoms with Crippen LogP contribution in [0.2, 0.25) is 0 Å². The molecule has 0 spiro atoms. The number of hydrogen-bond donors (Lipinski definition) is 1. The number of pyridine rings is 1. The molecular weight excluding hydrogens is 215 g/mol. The van der Waals surface area contributed by atoms with Gasteiger partial charge in [0, 0.05) is 18.0 Å². The van der Waals surface area contributed by atoms with E-state index in [4.69, 9.17) is 0 Å². The summed E-state index contributed by atoms with van der Waals surface area (Å²) in [7, 11) is 1.83. The van der Waals surface area contributed by atoms with Gasteiger partial charge in [-0.2, -0.15) is 0 Å². The second kappa shape index (κ2) is 5.06. The summed E-state index contributed by atoms with van der Waals surface area (Å²) in [6, 6.07) is 8.80. The van der Waals surface area contributed by atoms with E-state index in [2.05, 4.69) is 10.3 Å². The highest BCUT2D eigenvalue weighted by Crippen LogP contribution is 2.24. The average Bonchev–Trinajstić information content (AvgIpc) is 2.36. The second-order valence-electron chi connectivity index (χ2n) is 4.03. The highest BCUT2D eigenvalue weighted by atomic mass is 19.1. The first-order chi connectivity index (χ1) is 8.22. The van der Waals surface area contributed by atoms with Crippen LogP contribution in [0.4, 0.5) is 4.39 Å². The van der Waals surface area contributed by atoms with Gasteiger partial charge in [-0.05, 0) is 37.7 Å². The van der Waals surface area contributed by atoms with Crippen molar-refractivity contribution in [2.75, 3.05) is 7.05 Å². The predicted molar refractivity (Wildman–Crippen MR) is 66.3 cm³/mol. The number of halogens is 1. The summed E-state index contributed by atoms with van der Waals surface area (Å²) in [5.41, 5.74) is 2.72. The lowest BCUT2D eigenvalue weighted by Crippen LogP contribution is -2.19. The molecule has 0 fully saturated rings. The van der Waals surface area contributed by atoms with Crippen molar-refractivity contribution >= 4 is 0 Å². The molecule has 2 rings (SSSR count). The highest BCUT2D eigenvalue weighted by Gasteiger charge is 2.15. The fraction of sp³-hybridized carbons (Fsp3) is 0.214. The van der Waals surface area contributed by atoms with E-state index < -0.39 is 0 Å². The largest absolute Gasteiger partial charge is 0.309 e. The van der Waals surface area contributed by atoms with Crippen molar-refractivity contribution in [1.29, 1.82) is 0 Å². The van der Waals surface area contributed by atoms with E-state index in [9.17, 15) is 4.39 Å². The molecule has 88 valence electrons. The molecule has 3 heteroatoms. The van der Waals surface area contributed by atoms with Crippen molar-refractivity contribution in [3.63, 3.8) is 0 Å². The number of nitrogens with one attached hydrogen (secondary N) is 1. The van der Waals surface area contributed by atoms with Crippen LogP contribution in [0.15, 0.2) is 42.7 Å². The molecule has 1 atom stereocenters. The molecule has 0 aliphatic carbocycles. The number of hydrogen-bond acceptors (Lipinski definition) is 2. The van der Waals surface area contributed by atoms with Gasteiger partial charge in [-0.3, -0.25) is 4.98 Å². The zero-order valence-electron chi connectivity index (χ0n) is 9.94. The number of nitrogens with zero attached hydrogens (tertiary/aromatic N) is 1. The van der Waals surface area contributed by atoms with Crippen molar-refractivity contribution in [3.8, 4) is 0 Å². The molecular formula is C14H15FN2. The lowest BCUT2D eigenvalue weighted by atomic mass is 9.98. The Morgan fingerprint density at radius 1 is 1.18 bits per heavy atom. The fourth-order valence-electron chi connectivity index (χ4n) is 1.94. The molecule has 0 aliphatic heterocycles. The van der Waals surface area contributed by atoms with Crippen LogP contribution < -0.4 is 5.32 Å². The van der Waals surface area contributed by atoms with Crippen LogP contribution >= 0.6 is 0 Å².